The summed E-state index contributed by atoms with van der Waals surface area (Å²) in [5, 5.41) is 10.3. The summed E-state index contributed by atoms with van der Waals surface area (Å²) in [6.07, 6.45) is -7.68. The van der Waals surface area contributed by atoms with Gasteiger partial charge in [0.25, 0.3) is 10.1 Å². The van der Waals surface area contributed by atoms with Gasteiger partial charge in [-0.25, -0.2) is 4.79 Å². The topological polar surface area (TPSA) is 92.7 Å². The zero-order valence-electron chi connectivity index (χ0n) is 12.8. The number of hydrogen-bond donors (Lipinski definition) is 2. The molecule has 0 spiro atoms. The van der Waals surface area contributed by atoms with Crippen molar-refractivity contribution in [2.45, 2.75) is 43.3 Å². The minimum Gasteiger partial charge on any atom is -0.465 e. The Hall–Kier alpha value is -1.81. The second-order valence-electron chi connectivity index (χ2n) is 5.20. The molecule has 2 N–H and O–H groups in total. The van der Waals surface area contributed by atoms with Gasteiger partial charge in [-0.1, -0.05) is 17.7 Å². The molecule has 0 saturated carbocycles. The van der Waals surface area contributed by atoms with E-state index in [0.717, 1.165) is 5.56 Å². The normalized spacial score (nSPS) is 13.5. The molecule has 0 aliphatic heterocycles. The van der Waals surface area contributed by atoms with Crippen molar-refractivity contribution in [3.63, 3.8) is 0 Å². The van der Waals surface area contributed by atoms with E-state index in [9.17, 15) is 26.4 Å². The van der Waals surface area contributed by atoms with Gasteiger partial charge in [0.1, 0.15) is 0 Å². The Kier molecular flexibility index (Phi) is 7.03. The molecule has 0 unspecified atom stereocenters. The van der Waals surface area contributed by atoms with Crippen LogP contribution in [0.2, 0.25) is 0 Å². The third kappa shape index (κ3) is 7.64. The van der Waals surface area contributed by atoms with Crippen LogP contribution in [-0.2, 0) is 14.3 Å². The molecule has 0 radical (unpaired) electrons. The van der Waals surface area contributed by atoms with Crippen LogP contribution in [0.25, 0.3) is 0 Å². The van der Waals surface area contributed by atoms with Crippen molar-refractivity contribution in [2.24, 2.45) is 0 Å². The third-order valence-electron chi connectivity index (χ3n) is 3.05. The summed E-state index contributed by atoms with van der Waals surface area (Å²) in [4.78, 5) is 10.4. The van der Waals surface area contributed by atoms with E-state index in [1.165, 1.54) is 12.1 Å². The van der Waals surface area contributed by atoms with Crippen molar-refractivity contribution in [3.8, 4) is 0 Å². The van der Waals surface area contributed by atoms with Crippen LogP contribution in [0.4, 0.5) is 18.0 Å². The molecule has 0 saturated heterocycles. The van der Waals surface area contributed by atoms with Crippen LogP contribution in [0.3, 0.4) is 0 Å². The van der Waals surface area contributed by atoms with Crippen molar-refractivity contribution < 1.29 is 35.7 Å². The monoisotopic (exact) mass is 369 g/mol. The minimum absolute atomic E-state index is 0.0495. The number of alkyl halides is 3. The molecule has 0 aliphatic rings. The fraction of sp³-hybridized carbons (Fsp3) is 0.500. The summed E-state index contributed by atoms with van der Waals surface area (Å²) in [6, 6.07) is 4.55. The number of rotatable bonds is 8. The number of amides is 1. The molecular weight excluding hydrogens is 351 g/mol. The summed E-state index contributed by atoms with van der Waals surface area (Å²) in [6.45, 7) is 1.44. The SMILES string of the molecule is Cc1ccc(S(=O)(=O)OCCC[C@H](CC(F)(F)F)NC(=O)O)cc1. The molecule has 0 heterocycles. The van der Waals surface area contributed by atoms with E-state index < -0.39 is 34.9 Å². The highest BCUT2D eigenvalue weighted by Crippen LogP contribution is 2.23. The maximum atomic E-state index is 12.3. The van der Waals surface area contributed by atoms with Crippen molar-refractivity contribution >= 4 is 16.2 Å². The van der Waals surface area contributed by atoms with E-state index in [-0.39, 0.29) is 24.3 Å². The van der Waals surface area contributed by atoms with E-state index in [4.69, 9.17) is 9.29 Å². The Morgan fingerprint density at radius 1 is 1.29 bits per heavy atom. The van der Waals surface area contributed by atoms with Gasteiger partial charge in [0, 0.05) is 6.04 Å². The average Bonchev–Trinajstić information content (AvgIpc) is 2.41. The van der Waals surface area contributed by atoms with E-state index in [2.05, 4.69) is 0 Å². The van der Waals surface area contributed by atoms with Gasteiger partial charge in [-0.3, -0.25) is 4.18 Å². The summed E-state index contributed by atoms with van der Waals surface area (Å²) >= 11 is 0. The molecule has 6 nitrogen and oxygen atoms in total. The van der Waals surface area contributed by atoms with Crippen molar-refractivity contribution in [2.75, 3.05) is 6.61 Å². The molecule has 1 atom stereocenters. The van der Waals surface area contributed by atoms with Gasteiger partial charge in [0.05, 0.1) is 17.9 Å². The number of hydrogen-bond acceptors (Lipinski definition) is 4. The van der Waals surface area contributed by atoms with Crippen LogP contribution in [0.15, 0.2) is 29.2 Å². The average molecular weight is 369 g/mol. The molecule has 1 amide bonds. The van der Waals surface area contributed by atoms with E-state index in [1.54, 1.807) is 24.4 Å². The maximum Gasteiger partial charge on any atom is 0.404 e. The third-order valence-corrected chi connectivity index (χ3v) is 4.38. The molecule has 10 heteroatoms. The van der Waals surface area contributed by atoms with Crippen LogP contribution in [0.1, 0.15) is 24.8 Å². The minimum atomic E-state index is -4.53. The highest BCUT2D eigenvalue weighted by molar-refractivity contribution is 7.86. The smallest absolute Gasteiger partial charge is 0.404 e. The molecule has 1 aromatic rings. The number of halogens is 3. The van der Waals surface area contributed by atoms with Crippen molar-refractivity contribution in [3.05, 3.63) is 29.8 Å². The molecule has 1 rings (SSSR count). The standard InChI is InChI=1S/C14H18F3NO5S/c1-10-4-6-12(7-5-10)24(21,22)23-8-2-3-11(18-13(19)20)9-14(15,16)17/h4-7,11,18H,2-3,8-9H2,1H3,(H,19,20)/t11-/m1/s1. The second-order valence-corrected chi connectivity index (χ2v) is 6.81. The number of carboxylic acid groups (broad SMARTS) is 1. The number of aryl methyl sites for hydroxylation is 1. The summed E-state index contributed by atoms with van der Waals surface area (Å²) in [5.74, 6) is 0. The van der Waals surface area contributed by atoms with Gasteiger partial charge in [0.2, 0.25) is 0 Å². The van der Waals surface area contributed by atoms with E-state index in [1.807, 2.05) is 0 Å². The Balaban J connectivity index is 2.52. The first-order chi connectivity index (χ1) is 11.0. The lowest BCUT2D eigenvalue weighted by molar-refractivity contribution is -0.139. The van der Waals surface area contributed by atoms with Gasteiger partial charge in [0.15, 0.2) is 0 Å². The van der Waals surface area contributed by atoms with Crippen LogP contribution >= 0.6 is 0 Å². The van der Waals surface area contributed by atoms with E-state index >= 15 is 0 Å². The number of nitrogens with one attached hydrogen (secondary N) is 1. The summed E-state index contributed by atoms with van der Waals surface area (Å²) < 4.78 is 65.6. The van der Waals surface area contributed by atoms with Gasteiger partial charge in [-0.15, -0.1) is 0 Å². The quantitative estimate of drug-likeness (QED) is 0.543. The van der Waals surface area contributed by atoms with Gasteiger partial charge in [-0.2, -0.15) is 21.6 Å². The fourth-order valence-corrected chi connectivity index (χ4v) is 2.89. The number of carbonyl (C=O) groups is 1. The van der Waals surface area contributed by atoms with Crippen LogP contribution < -0.4 is 5.32 Å². The molecule has 24 heavy (non-hydrogen) atoms. The Morgan fingerprint density at radius 3 is 2.38 bits per heavy atom. The Bertz CT molecular complexity index is 643. The largest absolute Gasteiger partial charge is 0.465 e. The first-order valence-electron chi connectivity index (χ1n) is 7.02. The van der Waals surface area contributed by atoms with Crippen LogP contribution in [-0.4, -0.2) is 38.4 Å². The second kappa shape index (κ2) is 8.34. The predicted molar refractivity (Wildman–Crippen MR) is 79.2 cm³/mol. The predicted octanol–water partition coefficient (Wildman–Crippen LogP) is 3.07. The Morgan fingerprint density at radius 2 is 1.88 bits per heavy atom. The Labute approximate surface area is 137 Å². The molecule has 0 aromatic heterocycles. The first kappa shape index (κ1) is 20.2. The maximum absolute atomic E-state index is 12.3. The van der Waals surface area contributed by atoms with Gasteiger partial charge >= 0.3 is 12.3 Å². The highest BCUT2D eigenvalue weighted by atomic mass is 32.2. The lowest BCUT2D eigenvalue weighted by Gasteiger charge is -2.18. The molecule has 0 bridgehead atoms. The van der Waals surface area contributed by atoms with Gasteiger partial charge in [-0.05, 0) is 31.9 Å². The lowest BCUT2D eigenvalue weighted by atomic mass is 10.1. The van der Waals surface area contributed by atoms with Crippen molar-refractivity contribution in [1.29, 1.82) is 0 Å². The summed E-state index contributed by atoms with van der Waals surface area (Å²) in [7, 11) is -3.99. The van der Waals surface area contributed by atoms with Gasteiger partial charge < -0.3 is 10.4 Å². The molecule has 1 aromatic carbocycles. The highest BCUT2D eigenvalue weighted by Gasteiger charge is 2.32. The first-order valence-corrected chi connectivity index (χ1v) is 8.43. The molecule has 0 aliphatic carbocycles. The lowest BCUT2D eigenvalue weighted by Crippen LogP contribution is -2.37. The zero-order valence-corrected chi connectivity index (χ0v) is 13.7. The molecule has 136 valence electrons. The molecule has 0 fully saturated rings. The van der Waals surface area contributed by atoms with Crippen molar-refractivity contribution in [1.82, 2.24) is 5.32 Å². The number of benzene rings is 1. The van der Waals surface area contributed by atoms with Crippen LogP contribution in [0.5, 0.6) is 0 Å². The summed E-state index contributed by atoms with van der Waals surface area (Å²) in [5.41, 5.74) is 0.865. The van der Waals surface area contributed by atoms with Crippen LogP contribution in [0, 0.1) is 6.92 Å². The fourth-order valence-electron chi connectivity index (χ4n) is 1.95. The zero-order chi connectivity index (χ0) is 18.4. The molecular formula is C14H18F3NO5S. The van der Waals surface area contributed by atoms with E-state index in [0.29, 0.717) is 0 Å².